The minimum Gasteiger partial charge on any atom is -0.319 e. The second-order valence-corrected chi connectivity index (χ2v) is 17.9. The van der Waals surface area contributed by atoms with Crippen molar-refractivity contribution < 1.29 is 9.13 Å². The third kappa shape index (κ3) is 4.40. The fraction of sp³-hybridized carbons (Fsp3) is 0.417. The lowest BCUT2D eigenvalue weighted by molar-refractivity contribution is 0.587. The largest absolute Gasteiger partial charge is 0.319 e. The molecule has 4 aromatic rings. The molecule has 4 nitrogen and oxygen atoms in total. The summed E-state index contributed by atoms with van der Waals surface area (Å²) in [4.78, 5) is 9.42. The van der Waals surface area contributed by atoms with Gasteiger partial charge in [0.2, 0.25) is 0 Å². The first-order valence-electron chi connectivity index (χ1n) is 10.8. The summed E-state index contributed by atoms with van der Waals surface area (Å²) in [6.45, 7) is 13.8. The van der Waals surface area contributed by atoms with Crippen LogP contribution in [0.1, 0.15) is 48.7 Å². The third-order valence-corrected chi connectivity index (χ3v) is 11.0. The van der Waals surface area contributed by atoms with Gasteiger partial charge in [-0.2, -0.15) is 0 Å². The molecule has 2 aromatic carbocycles. The molecular formula is C24H30N2O2P2S2. The molecule has 1 atom stereocenters. The molecule has 2 aromatic heterocycles. The highest BCUT2D eigenvalue weighted by atomic mass is 32.1. The number of benzene rings is 2. The number of hydrogen-bond acceptors (Lipinski definition) is 6. The first-order chi connectivity index (χ1) is 14.9. The molecule has 8 heteroatoms. The Kier molecular flexibility index (Phi) is 6.31. The molecule has 0 amide bonds. The highest BCUT2D eigenvalue weighted by molar-refractivity contribution is 7.71. The van der Waals surface area contributed by atoms with E-state index in [2.05, 4.69) is 44.0 Å². The lowest BCUT2D eigenvalue weighted by atomic mass is 9.98. The van der Waals surface area contributed by atoms with Crippen LogP contribution in [0.3, 0.4) is 0 Å². The van der Waals surface area contributed by atoms with Crippen LogP contribution in [0.25, 0.3) is 20.4 Å². The molecule has 0 radical (unpaired) electrons. The molecule has 0 N–H and O–H groups in total. The minimum absolute atomic E-state index is 0.161. The molecule has 0 spiro atoms. The smallest absolute Gasteiger partial charge is 0.112 e. The zero-order valence-electron chi connectivity index (χ0n) is 19.7. The van der Waals surface area contributed by atoms with E-state index in [4.69, 9.17) is 4.98 Å². The molecule has 0 aliphatic heterocycles. The van der Waals surface area contributed by atoms with Crippen LogP contribution >= 0.6 is 37.0 Å². The Hall–Kier alpha value is -1.32. The lowest BCUT2D eigenvalue weighted by Crippen LogP contribution is -2.15. The molecule has 1 unspecified atom stereocenters. The van der Waals surface area contributed by atoms with Gasteiger partial charge in [-0.3, -0.25) is 0 Å². The average Bonchev–Trinajstić information content (AvgIpc) is 3.30. The topological polar surface area (TPSA) is 59.9 Å². The molecule has 0 bridgehead atoms. The maximum Gasteiger partial charge on any atom is 0.112 e. The van der Waals surface area contributed by atoms with E-state index in [1.54, 1.807) is 22.7 Å². The summed E-state index contributed by atoms with van der Waals surface area (Å²) in [5.41, 5.74) is 5.89. The zero-order valence-corrected chi connectivity index (χ0v) is 23.1. The highest BCUT2D eigenvalue weighted by Gasteiger charge is 2.26. The molecule has 0 aliphatic rings. The summed E-state index contributed by atoms with van der Waals surface area (Å²) in [5, 5.41) is 2.92. The quantitative estimate of drug-likeness (QED) is 0.269. The van der Waals surface area contributed by atoms with Crippen molar-refractivity contribution in [1.29, 1.82) is 0 Å². The molecule has 0 saturated carbocycles. The first-order valence-corrected chi connectivity index (χ1v) is 17.7. The van der Waals surface area contributed by atoms with Crippen molar-refractivity contribution in [3.05, 3.63) is 45.9 Å². The Balaban J connectivity index is 1.80. The van der Waals surface area contributed by atoms with Gasteiger partial charge in [-0.1, -0.05) is 32.9 Å². The van der Waals surface area contributed by atoms with Crippen LogP contribution < -0.4 is 10.6 Å². The normalized spacial score (nSPS) is 14.0. The van der Waals surface area contributed by atoms with Gasteiger partial charge in [0, 0.05) is 17.0 Å². The van der Waals surface area contributed by atoms with Gasteiger partial charge in [0.05, 0.1) is 31.0 Å². The van der Waals surface area contributed by atoms with Crippen LogP contribution in [0.2, 0.25) is 0 Å². The van der Waals surface area contributed by atoms with Gasteiger partial charge in [-0.25, -0.2) is 9.97 Å². The van der Waals surface area contributed by atoms with Crippen LogP contribution in [0.15, 0.2) is 29.8 Å². The van der Waals surface area contributed by atoms with Crippen molar-refractivity contribution in [1.82, 2.24) is 9.97 Å². The van der Waals surface area contributed by atoms with Crippen molar-refractivity contribution >= 4 is 68.0 Å². The molecule has 170 valence electrons. The van der Waals surface area contributed by atoms with Crippen LogP contribution in [0, 0.1) is 0 Å². The molecule has 4 rings (SSSR count). The van der Waals surface area contributed by atoms with Crippen molar-refractivity contribution in [3.63, 3.8) is 0 Å². The zero-order chi connectivity index (χ0) is 23.4. The van der Waals surface area contributed by atoms with Gasteiger partial charge in [-0.05, 0) is 61.8 Å². The number of rotatable bonds is 6. The summed E-state index contributed by atoms with van der Waals surface area (Å²) < 4.78 is 28.6. The van der Waals surface area contributed by atoms with E-state index in [0.717, 1.165) is 53.6 Å². The SMILES string of the molecule is CC(C)c1ccc2sc(CC(C)c3ccc4ncsc4c3P(C)(C)=O)nc2c1P(C)(C)=O. The first kappa shape index (κ1) is 23.8. The molecule has 0 aliphatic carbocycles. The Morgan fingerprint density at radius 2 is 1.56 bits per heavy atom. The van der Waals surface area contributed by atoms with E-state index >= 15 is 0 Å². The summed E-state index contributed by atoms with van der Waals surface area (Å²) in [7, 11) is -4.97. The van der Waals surface area contributed by atoms with E-state index in [0.29, 0.717) is 5.92 Å². The maximum atomic E-state index is 13.2. The van der Waals surface area contributed by atoms with E-state index < -0.39 is 14.3 Å². The Morgan fingerprint density at radius 3 is 2.19 bits per heavy atom. The van der Waals surface area contributed by atoms with E-state index in [-0.39, 0.29) is 5.92 Å². The predicted molar refractivity (Wildman–Crippen MR) is 144 cm³/mol. The fourth-order valence-corrected chi connectivity index (χ4v) is 10.3. The van der Waals surface area contributed by atoms with Gasteiger partial charge in [-0.15, -0.1) is 22.7 Å². The molecule has 2 heterocycles. The maximum absolute atomic E-state index is 13.2. The average molecular weight is 505 g/mol. The van der Waals surface area contributed by atoms with Gasteiger partial charge < -0.3 is 9.13 Å². The molecular weight excluding hydrogens is 474 g/mol. The highest BCUT2D eigenvalue weighted by Crippen LogP contribution is 2.44. The van der Waals surface area contributed by atoms with Crippen LogP contribution in [-0.4, -0.2) is 36.6 Å². The van der Waals surface area contributed by atoms with E-state index in [1.165, 1.54) is 0 Å². The van der Waals surface area contributed by atoms with Gasteiger partial charge in [0.15, 0.2) is 0 Å². The standard InChI is InChI=1S/C24H30N2O2P2S2/c1-14(2)16-9-11-19-21(22(16)29(4,5)27)26-20(32-19)12-15(3)17-8-10-18-24(31-13-25-18)23(17)30(6,7)28/h8-11,13-15H,12H2,1-7H3. The predicted octanol–water partition coefficient (Wildman–Crippen LogP) is 6.87. The van der Waals surface area contributed by atoms with E-state index in [9.17, 15) is 9.13 Å². The molecule has 32 heavy (non-hydrogen) atoms. The summed E-state index contributed by atoms with van der Waals surface area (Å²) in [6, 6.07) is 8.36. The van der Waals surface area contributed by atoms with E-state index in [1.807, 2.05) is 38.2 Å². The summed E-state index contributed by atoms with van der Waals surface area (Å²) >= 11 is 3.24. The van der Waals surface area contributed by atoms with Gasteiger partial charge >= 0.3 is 0 Å². The third-order valence-electron chi connectivity index (χ3n) is 5.82. The monoisotopic (exact) mass is 504 g/mol. The number of hydrogen-bond donors (Lipinski definition) is 0. The van der Waals surface area contributed by atoms with Crippen LogP contribution in [0.4, 0.5) is 0 Å². The van der Waals surface area contributed by atoms with Crippen LogP contribution in [-0.2, 0) is 15.6 Å². The number of thiazole rings is 2. The summed E-state index contributed by atoms with van der Waals surface area (Å²) in [6.07, 6.45) is 0.755. The fourth-order valence-electron chi connectivity index (χ4n) is 4.42. The van der Waals surface area contributed by atoms with Crippen molar-refractivity contribution in [2.45, 2.75) is 39.0 Å². The second-order valence-electron chi connectivity index (χ2n) is 9.62. The minimum atomic E-state index is -2.49. The lowest BCUT2D eigenvalue weighted by Gasteiger charge is -2.19. The van der Waals surface area contributed by atoms with Crippen molar-refractivity contribution in [3.8, 4) is 0 Å². The summed E-state index contributed by atoms with van der Waals surface area (Å²) in [5.74, 6) is 0.456. The second kappa shape index (κ2) is 8.47. The molecule has 0 saturated heterocycles. The number of fused-ring (bicyclic) bond motifs is 2. The Bertz CT molecular complexity index is 1410. The Morgan fingerprint density at radius 1 is 0.906 bits per heavy atom. The molecule has 0 fully saturated rings. The van der Waals surface area contributed by atoms with Gasteiger partial charge in [0.25, 0.3) is 0 Å². The Labute approximate surface area is 198 Å². The number of aromatic nitrogens is 2. The van der Waals surface area contributed by atoms with Crippen LogP contribution in [0.5, 0.6) is 0 Å². The van der Waals surface area contributed by atoms with Gasteiger partial charge in [0.1, 0.15) is 14.3 Å². The van der Waals surface area contributed by atoms with Crippen molar-refractivity contribution in [2.75, 3.05) is 26.7 Å². The van der Waals surface area contributed by atoms with Crippen molar-refractivity contribution in [2.24, 2.45) is 0 Å². The number of nitrogens with zero attached hydrogens (tertiary/aromatic N) is 2.